The molecule has 0 saturated carbocycles. The highest BCUT2D eigenvalue weighted by Gasteiger charge is 2.51. The Hall–Kier alpha value is -6.91. The van der Waals surface area contributed by atoms with Gasteiger partial charge in [0.1, 0.15) is 23.7 Å². The highest BCUT2D eigenvalue weighted by molar-refractivity contribution is 6.02. The van der Waals surface area contributed by atoms with Crippen molar-refractivity contribution in [1.82, 2.24) is 35.8 Å². The maximum atomic E-state index is 14.8. The lowest BCUT2D eigenvalue weighted by Gasteiger charge is -2.30. The number of imidazole rings is 1. The van der Waals surface area contributed by atoms with Gasteiger partial charge in [-0.3, -0.25) is 24.5 Å². The number of aromatic nitrogens is 3. The number of aliphatic imine (C=N–C) groups is 1. The van der Waals surface area contributed by atoms with Crippen molar-refractivity contribution < 1.29 is 37.4 Å². The van der Waals surface area contributed by atoms with Crippen LogP contribution in [-0.2, 0) is 31.9 Å². The van der Waals surface area contributed by atoms with Gasteiger partial charge in [-0.05, 0) is 59.2 Å². The molecule has 63 heavy (non-hydrogen) atoms. The molecule has 4 N–H and O–H groups in total. The summed E-state index contributed by atoms with van der Waals surface area (Å²) in [4.78, 5) is 72.3. The molecule has 5 aromatic rings. The number of fused-ring (bicyclic) bond motifs is 1. The van der Waals surface area contributed by atoms with Crippen LogP contribution in [0.25, 0.3) is 33.4 Å². The fourth-order valence-corrected chi connectivity index (χ4v) is 9.19. The van der Waals surface area contributed by atoms with Crippen molar-refractivity contribution in [3.05, 3.63) is 102 Å². The van der Waals surface area contributed by atoms with Crippen LogP contribution in [0.2, 0.25) is 0 Å². The van der Waals surface area contributed by atoms with Crippen LogP contribution in [0.5, 0.6) is 0 Å². The van der Waals surface area contributed by atoms with Gasteiger partial charge in [-0.25, -0.2) is 23.4 Å². The number of carbonyl (C=O) groups is 4. The number of halogens is 2. The van der Waals surface area contributed by atoms with E-state index in [0.29, 0.717) is 37.5 Å². The first-order chi connectivity index (χ1) is 30.3. The number of amidine groups is 1. The van der Waals surface area contributed by atoms with Crippen molar-refractivity contribution in [2.75, 3.05) is 32.2 Å². The van der Waals surface area contributed by atoms with Crippen LogP contribution in [0.3, 0.4) is 0 Å². The molecule has 4 aliphatic rings. The van der Waals surface area contributed by atoms with Crippen LogP contribution in [0, 0.1) is 5.92 Å². The molecule has 326 valence electrons. The molecule has 1 fully saturated rings. The molecule has 4 aliphatic heterocycles. The molecule has 6 heterocycles. The summed E-state index contributed by atoms with van der Waals surface area (Å²) < 4.78 is 39.1. The maximum Gasteiger partial charge on any atom is 0.407 e. The predicted molar refractivity (Wildman–Crippen MR) is 230 cm³/mol. The van der Waals surface area contributed by atoms with E-state index in [9.17, 15) is 28.0 Å². The number of amides is 4. The van der Waals surface area contributed by atoms with Gasteiger partial charge >= 0.3 is 12.2 Å². The highest BCUT2D eigenvalue weighted by Crippen LogP contribution is 2.45. The Bertz CT molecular complexity index is 2630. The summed E-state index contributed by atoms with van der Waals surface area (Å²) >= 11 is 0. The van der Waals surface area contributed by atoms with Gasteiger partial charge in [0, 0.05) is 30.2 Å². The molecule has 1 saturated heterocycles. The standard InChI is InChI=1S/C46H47F2N9O6/c1-24(2)38(55-45(61)63-4)43(59)56-23-46(47,48)20-37(56)40-50-22-35(53-40)26-10-8-25(9-11-26)31-15-14-30(21-49-31)28-13-16-32-34(18-28)52-41(51-32)36-19-29-7-5-6-27-12-17-33(54-44(60)62-3)42(58)57(36)39(27)29/h5-11,13-16,18,21,24,33,35-38H,12,17,19-20,22-23H2,1-4H3,(H,50,53)(H,51,52)(H,54,60)(H,55,61)/t33-,35?,36-,37-,38-/m0/s1. The number of likely N-dealkylation sites (tertiary alicyclic amines) is 1. The molecule has 0 bridgehead atoms. The molecule has 9 rings (SSSR count). The number of pyridine rings is 1. The third-order valence-electron chi connectivity index (χ3n) is 12.4. The minimum Gasteiger partial charge on any atom is -0.453 e. The van der Waals surface area contributed by atoms with Crippen molar-refractivity contribution in [2.45, 2.75) is 75.7 Å². The molecule has 1 unspecified atom stereocenters. The second-order valence-corrected chi connectivity index (χ2v) is 16.8. The molecule has 0 aliphatic carbocycles. The number of alkyl halides is 2. The van der Waals surface area contributed by atoms with E-state index in [4.69, 9.17) is 14.7 Å². The summed E-state index contributed by atoms with van der Waals surface area (Å²) in [6.45, 7) is 2.99. The Balaban J connectivity index is 0.873. The van der Waals surface area contributed by atoms with E-state index in [1.54, 1.807) is 18.7 Å². The number of para-hydroxylation sites is 1. The number of hydrogen-bond donors (Lipinski definition) is 4. The Labute approximate surface area is 361 Å². The number of H-pyrrole nitrogens is 1. The quantitative estimate of drug-likeness (QED) is 0.133. The SMILES string of the molecule is COC(=O)N[C@H]1CCc2cccc3c2N(C1=O)[C@H](c1nc2ccc(-c4ccc(-c5ccc(C6CN=C([C@@H]7CC(F)(F)CN7C(=O)[C@@H](NC(=O)OC)C(C)C)N6)cc5)nc4)cc2[nH]1)C3. The first-order valence-corrected chi connectivity index (χ1v) is 21.0. The Morgan fingerprint density at radius 3 is 2.40 bits per heavy atom. The summed E-state index contributed by atoms with van der Waals surface area (Å²) in [5.74, 6) is -3.32. The average Bonchev–Trinajstić information content (AvgIpc) is 4.08. The number of alkyl carbamates (subject to hydrolysis) is 2. The van der Waals surface area contributed by atoms with E-state index in [1.807, 2.05) is 79.0 Å². The number of nitrogens with one attached hydrogen (secondary N) is 4. The van der Waals surface area contributed by atoms with Crippen molar-refractivity contribution in [1.29, 1.82) is 0 Å². The summed E-state index contributed by atoms with van der Waals surface area (Å²) in [6, 6.07) is 20.4. The lowest BCUT2D eigenvalue weighted by Crippen LogP contribution is -2.55. The smallest absolute Gasteiger partial charge is 0.407 e. The summed E-state index contributed by atoms with van der Waals surface area (Å²) in [6.07, 6.45) is 1.47. The zero-order valence-corrected chi connectivity index (χ0v) is 35.2. The summed E-state index contributed by atoms with van der Waals surface area (Å²) in [5, 5.41) is 8.50. The Morgan fingerprint density at radius 2 is 1.67 bits per heavy atom. The number of carbonyl (C=O) groups excluding carboxylic acids is 4. The Morgan fingerprint density at radius 1 is 0.921 bits per heavy atom. The molecule has 5 atom stereocenters. The van der Waals surface area contributed by atoms with E-state index in [1.165, 1.54) is 14.2 Å². The van der Waals surface area contributed by atoms with Crippen LogP contribution in [0.4, 0.5) is 24.1 Å². The average molecular weight is 860 g/mol. The number of rotatable bonds is 9. The van der Waals surface area contributed by atoms with Gasteiger partial charge < -0.3 is 35.3 Å². The van der Waals surface area contributed by atoms with Crippen molar-refractivity contribution >= 4 is 46.6 Å². The van der Waals surface area contributed by atoms with Gasteiger partial charge in [-0.1, -0.05) is 68.4 Å². The second kappa shape index (κ2) is 16.4. The zero-order valence-electron chi connectivity index (χ0n) is 35.2. The molecule has 0 radical (unpaired) electrons. The van der Waals surface area contributed by atoms with E-state index in [2.05, 4.69) is 30.7 Å². The van der Waals surface area contributed by atoms with Gasteiger partial charge in [0.25, 0.3) is 5.92 Å². The first-order valence-electron chi connectivity index (χ1n) is 21.0. The second-order valence-electron chi connectivity index (χ2n) is 16.8. The number of aromatic amines is 1. The van der Waals surface area contributed by atoms with Gasteiger partial charge in [0.15, 0.2) is 0 Å². The number of anilines is 1. The number of methoxy groups -OCH3 is 2. The highest BCUT2D eigenvalue weighted by atomic mass is 19.3. The van der Waals surface area contributed by atoms with Crippen LogP contribution in [0.1, 0.15) is 61.3 Å². The number of benzene rings is 3. The normalized spacial score (nSPS) is 21.7. The number of ether oxygens (including phenoxy) is 2. The molecular formula is C46H47F2N9O6. The maximum absolute atomic E-state index is 14.8. The summed E-state index contributed by atoms with van der Waals surface area (Å²) in [7, 11) is 2.46. The zero-order chi connectivity index (χ0) is 44.2. The van der Waals surface area contributed by atoms with E-state index in [-0.39, 0.29) is 23.9 Å². The fraction of sp³-hybridized carbons (Fsp3) is 0.370. The molecule has 3 aromatic carbocycles. The number of nitrogens with zero attached hydrogens (tertiary/aromatic N) is 5. The molecule has 0 spiro atoms. The summed E-state index contributed by atoms with van der Waals surface area (Å²) in [5.41, 5.74) is 8.97. The number of hydrogen-bond acceptors (Lipinski definition) is 10. The van der Waals surface area contributed by atoms with Gasteiger partial charge in [0.05, 0.1) is 67.8 Å². The number of aryl methyl sites for hydroxylation is 1. The van der Waals surface area contributed by atoms with E-state index in [0.717, 1.165) is 60.7 Å². The Kier molecular flexibility index (Phi) is 10.8. The monoisotopic (exact) mass is 859 g/mol. The molecule has 2 aromatic heterocycles. The predicted octanol–water partition coefficient (Wildman–Crippen LogP) is 6.25. The van der Waals surface area contributed by atoms with Crippen molar-refractivity contribution in [3.63, 3.8) is 0 Å². The fourth-order valence-electron chi connectivity index (χ4n) is 9.19. The lowest BCUT2D eigenvalue weighted by molar-refractivity contribution is -0.135. The molecule has 17 heteroatoms. The lowest BCUT2D eigenvalue weighted by atomic mass is 10.0. The molecule has 4 amide bonds. The molecular weight excluding hydrogens is 813 g/mol. The van der Waals surface area contributed by atoms with Crippen molar-refractivity contribution in [3.8, 4) is 22.4 Å². The van der Waals surface area contributed by atoms with Crippen molar-refractivity contribution in [2.24, 2.45) is 10.9 Å². The topological polar surface area (TPSA) is 183 Å². The minimum absolute atomic E-state index is 0.196. The van der Waals surface area contributed by atoms with Crippen LogP contribution in [-0.4, -0.2) is 101 Å². The third kappa shape index (κ3) is 7.91. The van der Waals surface area contributed by atoms with Crippen LogP contribution >= 0.6 is 0 Å². The third-order valence-corrected chi connectivity index (χ3v) is 12.4. The minimum atomic E-state index is -3.11. The van der Waals surface area contributed by atoms with E-state index >= 15 is 0 Å². The first kappa shape index (κ1) is 41.4. The van der Waals surface area contributed by atoms with Crippen LogP contribution < -0.4 is 20.9 Å². The largest absolute Gasteiger partial charge is 0.453 e. The van der Waals surface area contributed by atoms with Gasteiger partial charge in [-0.15, -0.1) is 0 Å². The molecule has 15 nitrogen and oxygen atoms in total. The van der Waals surface area contributed by atoms with E-state index < -0.39 is 55.1 Å². The van der Waals surface area contributed by atoms with Crippen LogP contribution in [0.15, 0.2) is 84.0 Å². The van der Waals surface area contributed by atoms with Gasteiger partial charge in [-0.2, -0.15) is 0 Å². The van der Waals surface area contributed by atoms with Gasteiger partial charge in [0.2, 0.25) is 11.8 Å².